The smallest absolute Gasteiger partial charge is 0.259 e. The van der Waals surface area contributed by atoms with E-state index in [0.717, 1.165) is 5.56 Å². The molecule has 0 aliphatic carbocycles. The molecule has 0 bridgehead atoms. The molecule has 1 amide bonds. The van der Waals surface area contributed by atoms with Crippen molar-refractivity contribution >= 4 is 17.3 Å². The molecule has 0 aliphatic rings. The van der Waals surface area contributed by atoms with Gasteiger partial charge in [-0.2, -0.15) is 5.26 Å². The van der Waals surface area contributed by atoms with E-state index in [9.17, 15) is 4.79 Å². The third-order valence-electron chi connectivity index (χ3n) is 3.01. The van der Waals surface area contributed by atoms with Crippen LogP contribution in [0, 0.1) is 18.3 Å². The lowest BCUT2D eigenvalue weighted by molar-refractivity contribution is 0.102. The van der Waals surface area contributed by atoms with Crippen LogP contribution in [0.25, 0.3) is 0 Å². The molecule has 5 nitrogen and oxygen atoms in total. The van der Waals surface area contributed by atoms with Crippen LogP contribution in [0.3, 0.4) is 0 Å². The number of nitrogens with zero attached hydrogens (tertiary/aromatic N) is 1. The zero-order chi connectivity index (χ0) is 15.4. The molecule has 0 aliphatic heterocycles. The Labute approximate surface area is 123 Å². The molecule has 0 saturated heterocycles. The van der Waals surface area contributed by atoms with E-state index in [1.165, 1.54) is 13.2 Å². The van der Waals surface area contributed by atoms with E-state index < -0.39 is 0 Å². The van der Waals surface area contributed by atoms with Gasteiger partial charge in [0.05, 0.1) is 23.9 Å². The number of nitrogen functional groups attached to an aromatic ring is 1. The van der Waals surface area contributed by atoms with E-state index in [0.29, 0.717) is 28.3 Å². The summed E-state index contributed by atoms with van der Waals surface area (Å²) in [5.41, 5.74) is 8.19. The van der Waals surface area contributed by atoms with E-state index in [-0.39, 0.29) is 5.91 Å². The number of rotatable bonds is 3. The Balaban J connectivity index is 2.35. The zero-order valence-corrected chi connectivity index (χ0v) is 11.8. The summed E-state index contributed by atoms with van der Waals surface area (Å²) in [5, 5.41) is 11.8. The van der Waals surface area contributed by atoms with Crippen molar-refractivity contribution in [3.8, 4) is 11.8 Å². The highest BCUT2D eigenvalue weighted by Gasteiger charge is 2.14. The number of benzene rings is 2. The number of carbonyl (C=O) groups excluding carboxylic acids is 1. The van der Waals surface area contributed by atoms with Gasteiger partial charge in [0.25, 0.3) is 5.91 Å². The predicted octanol–water partition coefficient (Wildman–Crippen LogP) is 2.71. The van der Waals surface area contributed by atoms with Crippen molar-refractivity contribution in [1.29, 1.82) is 5.26 Å². The Hall–Kier alpha value is -3.00. The number of amides is 1. The molecule has 2 aromatic rings. The van der Waals surface area contributed by atoms with Crippen LogP contribution in [0.15, 0.2) is 36.4 Å². The second-order valence-electron chi connectivity index (χ2n) is 4.57. The van der Waals surface area contributed by atoms with Crippen molar-refractivity contribution in [1.82, 2.24) is 0 Å². The van der Waals surface area contributed by atoms with E-state index in [1.54, 1.807) is 24.3 Å². The zero-order valence-electron chi connectivity index (χ0n) is 11.8. The lowest BCUT2D eigenvalue weighted by Crippen LogP contribution is -2.14. The van der Waals surface area contributed by atoms with Crippen LogP contribution in [0.4, 0.5) is 11.4 Å². The van der Waals surface area contributed by atoms with Crippen molar-refractivity contribution < 1.29 is 9.53 Å². The number of ether oxygens (including phenoxy) is 1. The Morgan fingerprint density at radius 3 is 2.71 bits per heavy atom. The summed E-state index contributed by atoms with van der Waals surface area (Å²) in [5.74, 6) is 0.142. The molecule has 0 unspecified atom stereocenters. The first-order valence-corrected chi connectivity index (χ1v) is 6.30. The van der Waals surface area contributed by atoms with Crippen LogP contribution in [0.5, 0.6) is 5.75 Å². The Kier molecular flexibility index (Phi) is 4.10. The minimum Gasteiger partial charge on any atom is -0.496 e. The van der Waals surface area contributed by atoms with Crippen molar-refractivity contribution in [2.75, 3.05) is 18.2 Å². The fourth-order valence-corrected chi connectivity index (χ4v) is 1.95. The molecule has 0 aromatic heterocycles. The first-order valence-electron chi connectivity index (χ1n) is 6.30. The second kappa shape index (κ2) is 5.97. The Bertz CT molecular complexity index is 733. The third-order valence-corrected chi connectivity index (χ3v) is 3.01. The standard InChI is InChI=1S/C16H15N3O2/c1-10-3-6-15(21-2)13(7-10)16(20)19-14-5-4-12(18)8-11(14)9-17/h3-8H,18H2,1-2H3,(H,19,20). The average Bonchev–Trinajstić information content (AvgIpc) is 2.48. The molecule has 0 spiro atoms. The number of hydrogen-bond acceptors (Lipinski definition) is 4. The van der Waals surface area contributed by atoms with Crippen molar-refractivity contribution in [3.05, 3.63) is 53.1 Å². The molecule has 0 radical (unpaired) electrons. The summed E-state index contributed by atoms with van der Waals surface area (Å²) >= 11 is 0. The molecular formula is C16H15N3O2. The van der Waals surface area contributed by atoms with Gasteiger partial charge < -0.3 is 15.8 Å². The fourth-order valence-electron chi connectivity index (χ4n) is 1.95. The molecule has 3 N–H and O–H groups in total. The molecule has 2 aromatic carbocycles. The summed E-state index contributed by atoms with van der Waals surface area (Å²) in [7, 11) is 1.51. The predicted molar refractivity (Wildman–Crippen MR) is 81.3 cm³/mol. The van der Waals surface area contributed by atoms with Gasteiger partial charge in [-0.1, -0.05) is 11.6 Å². The number of carbonyl (C=O) groups is 1. The maximum absolute atomic E-state index is 12.4. The Morgan fingerprint density at radius 2 is 2.05 bits per heavy atom. The maximum Gasteiger partial charge on any atom is 0.259 e. The van der Waals surface area contributed by atoms with Gasteiger partial charge in [-0.05, 0) is 37.3 Å². The maximum atomic E-state index is 12.4. The molecule has 0 fully saturated rings. The summed E-state index contributed by atoms with van der Waals surface area (Å²) < 4.78 is 5.19. The molecular weight excluding hydrogens is 266 g/mol. The highest BCUT2D eigenvalue weighted by Crippen LogP contribution is 2.23. The van der Waals surface area contributed by atoms with Crippen LogP contribution in [0.2, 0.25) is 0 Å². The summed E-state index contributed by atoms with van der Waals surface area (Å²) in [6.45, 7) is 1.89. The van der Waals surface area contributed by atoms with Gasteiger partial charge in [-0.25, -0.2) is 0 Å². The van der Waals surface area contributed by atoms with Gasteiger partial charge >= 0.3 is 0 Å². The van der Waals surface area contributed by atoms with E-state index in [1.807, 2.05) is 19.1 Å². The van der Waals surface area contributed by atoms with Crippen molar-refractivity contribution in [3.63, 3.8) is 0 Å². The number of nitrogens with one attached hydrogen (secondary N) is 1. The second-order valence-corrected chi connectivity index (χ2v) is 4.57. The molecule has 5 heteroatoms. The first-order chi connectivity index (χ1) is 10.0. The van der Waals surface area contributed by atoms with Crippen LogP contribution in [-0.2, 0) is 0 Å². The average molecular weight is 281 g/mol. The molecule has 0 heterocycles. The van der Waals surface area contributed by atoms with Crippen LogP contribution in [-0.4, -0.2) is 13.0 Å². The molecule has 21 heavy (non-hydrogen) atoms. The highest BCUT2D eigenvalue weighted by molar-refractivity contribution is 6.07. The largest absolute Gasteiger partial charge is 0.496 e. The highest BCUT2D eigenvalue weighted by atomic mass is 16.5. The molecule has 2 rings (SSSR count). The number of hydrogen-bond donors (Lipinski definition) is 2. The fraction of sp³-hybridized carbons (Fsp3) is 0.125. The van der Waals surface area contributed by atoms with E-state index in [4.69, 9.17) is 15.7 Å². The van der Waals surface area contributed by atoms with Crippen molar-refractivity contribution in [2.24, 2.45) is 0 Å². The number of nitrogens with two attached hydrogens (primary N) is 1. The van der Waals surface area contributed by atoms with Gasteiger partial charge in [0.1, 0.15) is 11.8 Å². The number of anilines is 2. The quantitative estimate of drug-likeness (QED) is 0.847. The summed E-state index contributed by atoms with van der Waals surface area (Å²) in [6, 6.07) is 12.1. The number of methoxy groups -OCH3 is 1. The van der Waals surface area contributed by atoms with Crippen LogP contribution in [0.1, 0.15) is 21.5 Å². The third kappa shape index (κ3) is 3.12. The number of nitriles is 1. The first kappa shape index (κ1) is 14.4. The SMILES string of the molecule is COc1ccc(C)cc1C(=O)Nc1ccc(N)cc1C#N. The monoisotopic (exact) mass is 281 g/mol. The summed E-state index contributed by atoms with van der Waals surface area (Å²) in [4.78, 5) is 12.4. The van der Waals surface area contributed by atoms with Gasteiger partial charge in [0.2, 0.25) is 0 Å². The van der Waals surface area contributed by atoms with E-state index >= 15 is 0 Å². The van der Waals surface area contributed by atoms with Crippen molar-refractivity contribution in [2.45, 2.75) is 6.92 Å². The van der Waals surface area contributed by atoms with Gasteiger partial charge in [-0.15, -0.1) is 0 Å². The summed E-state index contributed by atoms with van der Waals surface area (Å²) in [6.07, 6.45) is 0. The number of aryl methyl sites for hydroxylation is 1. The van der Waals surface area contributed by atoms with Gasteiger partial charge in [0, 0.05) is 5.69 Å². The van der Waals surface area contributed by atoms with Gasteiger partial charge in [0.15, 0.2) is 0 Å². The van der Waals surface area contributed by atoms with E-state index in [2.05, 4.69) is 5.32 Å². The normalized spacial score (nSPS) is 9.76. The van der Waals surface area contributed by atoms with Gasteiger partial charge in [-0.3, -0.25) is 4.79 Å². The van der Waals surface area contributed by atoms with Crippen LogP contribution >= 0.6 is 0 Å². The minimum absolute atomic E-state index is 0.315. The lowest BCUT2D eigenvalue weighted by Gasteiger charge is -2.11. The lowest BCUT2D eigenvalue weighted by atomic mass is 10.1. The topological polar surface area (TPSA) is 88.1 Å². The molecule has 0 saturated carbocycles. The minimum atomic E-state index is -0.336. The van der Waals surface area contributed by atoms with Crippen LogP contribution < -0.4 is 15.8 Å². The molecule has 106 valence electrons. The molecule has 0 atom stereocenters. The Morgan fingerprint density at radius 1 is 1.29 bits per heavy atom.